The van der Waals surface area contributed by atoms with Crippen LogP contribution in [0.2, 0.25) is 0 Å². The SMILES string of the molecule is CO[C@@H]1OC(CO)[C@@H](O[C@@H]2OC(CO)[C@H](O[C@@H]3OC(CO)[C@H](O)[C@H](O[C@@H]4OC(CO)[C@H](O)[C@H](O[C@]5(OC=O)C[C@@H](O)[C@@H](C)C([C@H](O)[C@@H](CO)O[C@]6(OC=O)C[C@@H](O)[C@@H](C)C([C@H](O)[C@H](O)CO)O6)O5)C4O)C3C)[C@H](O[C@]3(OC=O)C[C@@H](O)[C@@H](C)C([C@H](O)[C@@H](CO)O[C@]4(OC=O)C[C@@H](O)[C@@H](C)C([C@H](O)[C@H](O)CO)O4)O3)C2O)[C@H](O)C1O. The summed E-state index contributed by atoms with van der Waals surface area (Å²) in [6.45, 7) is -3.81. The summed E-state index contributed by atoms with van der Waals surface area (Å²) >= 11 is 0. The Balaban J connectivity index is 1.10. The van der Waals surface area contributed by atoms with Crippen molar-refractivity contribution in [3.8, 4) is 0 Å². The molecule has 48 nitrogen and oxygen atoms in total. The number of carbonyl (C=O) groups is 4. The predicted octanol–water partition coefficient (Wildman–Crippen LogP) is -14.4. The number of ether oxygens (including phenoxy) is 20. The number of carbonyl (C=O) groups excluding carboxylic acids is 4. The number of hydrogen-bond donors (Lipinski definition) is 24. The second kappa shape index (κ2) is 41.2. The molecule has 12 unspecified atom stereocenters. The van der Waals surface area contributed by atoms with Crippen molar-refractivity contribution in [3.05, 3.63) is 0 Å². The highest BCUT2D eigenvalue weighted by atomic mass is 16.9. The Morgan fingerprint density at radius 3 is 1.04 bits per heavy atom. The number of rotatable bonds is 39. The first kappa shape index (κ1) is 95.7. The number of aliphatic hydroxyl groups is 24. The molecule has 0 aromatic carbocycles. The van der Waals surface area contributed by atoms with Crippen LogP contribution in [0.5, 0.6) is 0 Å². The molecule has 0 radical (unpaired) electrons. The standard InChI is InChI=1S/C66H110O48/c1-23-28(79)7-63(96-19-75,109-51(23)40(85)32(83)11-67)107-36(15-71)44(89)53-25(3)30(81)9-65(111-53,98-21-77)113-57-43(88)35(14-70)101-61(48(57)93)104-50-27(5)59(100-34(13-69)42(50)87)106-56-39(18-74)103-62(105-55-38(17-73)102-60(95-6)47(92)46(55)91)49(94)58(56)114-66(99-22-78)10-31(82)26(4)54(112-66)45(90)37(16-72)108-64(97-20-76)8-29(80)24(2)52(110-64)41(86)33(84)12-68/h19-62,67-74,79-94H,7-18H2,1-6H3/t23-,24-,25-,26-,27?,28-,29-,30-,31-,32-,33-,34?,35?,36-,37-,38?,39?,40-,41-,42+,43+,44-,45-,46-,47?,48?,49?,50-,51?,52?,53?,54?,55-,56+,57+,58-,59+,60-,61+,62+,63-,64-,65+,66+/m1/s1. The number of methoxy groups -OCH3 is 1. The van der Waals surface area contributed by atoms with Crippen LogP contribution in [0.25, 0.3) is 0 Å². The van der Waals surface area contributed by atoms with E-state index in [9.17, 15) is 142 Å². The Labute approximate surface area is 648 Å². The summed E-state index contributed by atoms with van der Waals surface area (Å²) in [4.78, 5) is 49.4. The monoisotopic (exact) mass is 1670 g/mol. The number of hydrogen-bond acceptors (Lipinski definition) is 48. The van der Waals surface area contributed by atoms with Gasteiger partial charge in [-0.25, -0.2) is 0 Å². The van der Waals surface area contributed by atoms with Crippen LogP contribution < -0.4 is 0 Å². The largest absolute Gasteiger partial charge is 0.410 e. The van der Waals surface area contributed by atoms with E-state index in [0.717, 1.165) is 7.11 Å². The van der Waals surface area contributed by atoms with Gasteiger partial charge in [-0.2, -0.15) is 0 Å². The molecular weight excluding hydrogens is 1560 g/mol. The first-order valence-electron chi connectivity index (χ1n) is 36.7. The van der Waals surface area contributed by atoms with Gasteiger partial charge in [-0.3, -0.25) is 19.2 Å². The zero-order valence-corrected chi connectivity index (χ0v) is 62.4. The normalized spacial score (nSPS) is 46.5. The topological polar surface area (TPSA) is 738 Å². The van der Waals surface area contributed by atoms with Crippen molar-refractivity contribution >= 4 is 25.9 Å². The lowest BCUT2D eigenvalue weighted by Crippen LogP contribution is -2.69. The molecule has 24 N–H and O–H groups in total. The lowest BCUT2D eigenvalue weighted by Gasteiger charge is -2.53. The minimum atomic E-state index is -3.17. The lowest BCUT2D eigenvalue weighted by molar-refractivity contribution is -0.462. The molecule has 0 aromatic heterocycles. The molecule has 662 valence electrons. The van der Waals surface area contributed by atoms with Crippen LogP contribution in [0.3, 0.4) is 0 Å². The molecule has 0 aliphatic carbocycles. The van der Waals surface area contributed by atoms with Crippen molar-refractivity contribution in [1.29, 1.82) is 0 Å². The molecule has 8 aliphatic heterocycles. The second-order valence-electron chi connectivity index (χ2n) is 29.5. The van der Waals surface area contributed by atoms with Gasteiger partial charge < -0.3 is 217 Å². The highest BCUT2D eigenvalue weighted by Crippen LogP contribution is 2.47. The summed E-state index contributed by atoms with van der Waals surface area (Å²) in [6, 6.07) is 0. The highest BCUT2D eigenvalue weighted by Gasteiger charge is 2.64. The highest BCUT2D eigenvalue weighted by molar-refractivity contribution is 5.39. The summed E-state index contributed by atoms with van der Waals surface area (Å²) in [5.41, 5.74) is 0. The first-order chi connectivity index (χ1) is 53.9. The molecule has 0 bridgehead atoms. The first-order valence-corrected chi connectivity index (χ1v) is 36.7. The maximum Gasteiger partial charge on any atom is 0.332 e. The van der Waals surface area contributed by atoms with Gasteiger partial charge in [0.15, 0.2) is 25.2 Å². The molecule has 8 heterocycles. The molecule has 8 rings (SSSR count). The van der Waals surface area contributed by atoms with Crippen LogP contribution >= 0.6 is 0 Å². The van der Waals surface area contributed by atoms with Gasteiger partial charge >= 0.3 is 23.9 Å². The van der Waals surface area contributed by atoms with E-state index in [1.807, 2.05) is 0 Å². The predicted molar refractivity (Wildman–Crippen MR) is 352 cm³/mol. The summed E-state index contributed by atoms with van der Waals surface area (Å²) in [5.74, 6) is -18.4. The fourth-order valence-electron chi connectivity index (χ4n) is 15.2. The molecule has 8 saturated heterocycles. The molecule has 48 heteroatoms. The summed E-state index contributed by atoms with van der Waals surface area (Å²) in [7, 11) is 1.08. The van der Waals surface area contributed by atoms with Crippen molar-refractivity contribution in [2.24, 2.45) is 29.6 Å². The quantitative estimate of drug-likeness (QED) is 0.0154. The molecule has 114 heavy (non-hydrogen) atoms. The van der Waals surface area contributed by atoms with Crippen molar-refractivity contribution in [2.45, 2.75) is 299 Å². The minimum absolute atomic E-state index is 0.227. The molecular formula is C66H110O48. The van der Waals surface area contributed by atoms with E-state index in [1.54, 1.807) is 0 Å². The van der Waals surface area contributed by atoms with Gasteiger partial charge in [0.25, 0.3) is 25.9 Å². The Hall–Kier alpha value is -3.72. The van der Waals surface area contributed by atoms with E-state index in [0.29, 0.717) is 0 Å². The average Bonchev–Trinajstić information content (AvgIpc) is 0.757. The van der Waals surface area contributed by atoms with E-state index >= 15 is 0 Å². The van der Waals surface area contributed by atoms with Gasteiger partial charge in [-0.05, 0) is 0 Å². The van der Waals surface area contributed by atoms with Crippen LogP contribution in [0.15, 0.2) is 0 Å². The van der Waals surface area contributed by atoms with Crippen LogP contribution in [-0.4, -0.2) is 447 Å². The van der Waals surface area contributed by atoms with E-state index in [2.05, 4.69) is 0 Å². The van der Waals surface area contributed by atoms with Crippen LogP contribution in [0, 0.1) is 29.6 Å². The zero-order chi connectivity index (χ0) is 84.5. The maximum atomic E-state index is 12.8. The van der Waals surface area contributed by atoms with E-state index < -0.39 is 346 Å². The summed E-state index contributed by atoms with van der Waals surface area (Å²) < 4.78 is 116. The maximum absolute atomic E-state index is 12.8. The fraction of sp³-hybridized carbons (Fsp3) is 0.939. The van der Waals surface area contributed by atoms with E-state index in [-0.39, 0.29) is 25.9 Å². The molecule has 0 spiro atoms. The van der Waals surface area contributed by atoms with Crippen LogP contribution in [0.4, 0.5) is 0 Å². The van der Waals surface area contributed by atoms with Gasteiger partial charge in [-0.15, -0.1) is 0 Å². The third-order valence-corrected chi connectivity index (χ3v) is 22.1. The minimum Gasteiger partial charge on any atom is -0.410 e. The van der Waals surface area contributed by atoms with Gasteiger partial charge in [-0.1, -0.05) is 34.6 Å². The lowest BCUT2D eigenvalue weighted by atomic mass is 9.86. The van der Waals surface area contributed by atoms with Crippen molar-refractivity contribution in [3.63, 3.8) is 0 Å². The van der Waals surface area contributed by atoms with Gasteiger partial charge in [0.05, 0.1) is 133 Å². The molecule has 0 aromatic rings. The van der Waals surface area contributed by atoms with Crippen LogP contribution in [0.1, 0.15) is 60.3 Å². The van der Waals surface area contributed by atoms with E-state index in [4.69, 9.17) is 94.7 Å². The van der Waals surface area contributed by atoms with Gasteiger partial charge in [0.1, 0.15) is 134 Å². The van der Waals surface area contributed by atoms with Crippen molar-refractivity contribution in [1.82, 2.24) is 0 Å². The summed E-state index contributed by atoms with van der Waals surface area (Å²) in [5, 5.41) is 268. The van der Waals surface area contributed by atoms with E-state index in [1.165, 1.54) is 34.6 Å². The molecule has 44 atom stereocenters. The fourth-order valence-corrected chi connectivity index (χ4v) is 15.2. The molecule has 8 fully saturated rings. The molecule has 0 saturated carbocycles. The van der Waals surface area contributed by atoms with Crippen LogP contribution in [-0.2, 0) is 114 Å². The third kappa shape index (κ3) is 20.5. The van der Waals surface area contributed by atoms with Crippen molar-refractivity contribution < 1.29 is 236 Å². The average molecular weight is 1670 g/mol. The molecule has 8 aliphatic rings. The zero-order valence-electron chi connectivity index (χ0n) is 62.4. The van der Waals surface area contributed by atoms with Gasteiger partial charge in [0, 0.05) is 36.7 Å². The van der Waals surface area contributed by atoms with Gasteiger partial charge in [0.2, 0.25) is 0 Å². The Kier molecular flexibility index (Phi) is 34.6. The third-order valence-electron chi connectivity index (χ3n) is 22.1. The Morgan fingerprint density at radius 1 is 0.342 bits per heavy atom. The Bertz CT molecular complexity index is 2940. The number of aliphatic hydroxyl groups excluding tert-OH is 24. The smallest absolute Gasteiger partial charge is 0.332 e. The second-order valence-corrected chi connectivity index (χ2v) is 29.5. The van der Waals surface area contributed by atoms with Crippen molar-refractivity contribution in [2.75, 3.05) is 60.0 Å². The summed E-state index contributed by atoms with van der Waals surface area (Å²) in [6.07, 6.45) is -74.3. The molecule has 0 amide bonds. The Morgan fingerprint density at radius 2 is 0.658 bits per heavy atom.